The predicted molar refractivity (Wildman–Crippen MR) is 109 cm³/mol. The van der Waals surface area contributed by atoms with E-state index in [0.29, 0.717) is 23.0 Å². The number of nitrogens with zero attached hydrogens (tertiary/aromatic N) is 1. The number of nitrogens with one attached hydrogen (secondary N) is 1. The first-order chi connectivity index (χ1) is 13.5. The van der Waals surface area contributed by atoms with Gasteiger partial charge in [-0.1, -0.05) is 29.8 Å². The number of halogens is 1. The van der Waals surface area contributed by atoms with Gasteiger partial charge in [-0.2, -0.15) is 0 Å². The third kappa shape index (κ3) is 6.12. The van der Waals surface area contributed by atoms with E-state index in [2.05, 4.69) is 10.2 Å². The van der Waals surface area contributed by atoms with E-state index in [1.807, 2.05) is 30.3 Å². The third-order valence-electron chi connectivity index (χ3n) is 4.43. The molecule has 2 unspecified atom stereocenters. The van der Waals surface area contributed by atoms with E-state index in [0.717, 1.165) is 25.3 Å². The van der Waals surface area contributed by atoms with E-state index in [-0.39, 0.29) is 18.6 Å². The highest BCUT2D eigenvalue weighted by molar-refractivity contribution is 6.31. The van der Waals surface area contributed by atoms with Crippen molar-refractivity contribution in [3.05, 3.63) is 53.6 Å². The molecule has 1 saturated heterocycles. The number of aliphatic hydroxyl groups is 1. The first-order valence-electron chi connectivity index (χ1n) is 9.31. The Morgan fingerprint density at radius 3 is 2.86 bits per heavy atom. The van der Waals surface area contributed by atoms with Crippen molar-refractivity contribution >= 4 is 23.2 Å². The molecule has 0 bridgehead atoms. The standard InChI is InChI=1S/C21H25ClN2O4/c1-15(25)23-20-11-16(22)7-8-21(20)27-14-17(26)12-24-10-9-19(13-24)28-18-5-3-2-4-6-18/h2-8,11,17,19,26H,9-10,12-14H2,1H3,(H,23,25). The zero-order chi connectivity index (χ0) is 19.9. The van der Waals surface area contributed by atoms with Crippen LogP contribution in [0.4, 0.5) is 5.69 Å². The molecule has 1 aliphatic rings. The molecule has 0 aliphatic carbocycles. The average Bonchev–Trinajstić information content (AvgIpc) is 3.08. The molecule has 28 heavy (non-hydrogen) atoms. The second kappa shape index (κ2) is 9.78. The first kappa shape index (κ1) is 20.5. The largest absolute Gasteiger partial charge is 0.489 e. The second-order valence-electron chi connectivity index (χ2n) is 6.89. The molecule has 2 aromatic rings. The summed E-state index contributed by atoms with van der Waals surface area (Å²) in [5.41, 5.74) is 0.490. The maximum absolute atomic E-state index is 11.3. The molecule has 0 saturated carbocycles. The molecular weight excluding hydrogens is 380 g/mol. The number of likely N-dealkylation sites (tertiary alicyclic amines) is 1. The Bertz CT molecular complexity index is 787. The van der Waals surface area contributed by atoms with Gasteiger partial charge in [0.1, 0.15) is 30.3 Å². The summed E-state index contributed by atoms with van der Waals surface area (Å²) in [5, 5.41) is 13.5. The Morgan fingerprint density at radius 1 is 1.32 bits per heavy atom. The highest BCUT2D eigenvalue weighted by Crippen LogP contribution is 2.28. The van der Waals surface area contributed by atoms with E-state index >= 15 is 0 Å². The van der Waals surface area contributed by atoms with E-state index < -0.39 is 6.10 Å². The van der Waals surface area contributed by atoms with Gasteiger partial charge in [-0.3, -0.25) is 9.69 Å². The molecule has 1 fully saturated rings. The van der Waals surface area contributed by atoms with Gasteiger partial charge in [0.15, 0.2) is 0 Å². The van der Waals surface area contributed by atoms with Crippen molar-refractivity contribution < 1.29 is 19.4 Å². The Labute approximate surface area is 170 Å². The molecule has 0 spiro atoms. The van der Waals surface area contributed by atoms with Crippen molar-refractivity contribution in [3.63, 3.8) is 0 Å². The maximum Gasteiger partial charge on any atom is 0.221 e. The van der Waals surface area contributed by atoms with Crippen LogP contribution in [0.1, 0.15) is 13.3 Å². The zero-order valence-electron chi connectivity index (χ0n) is 15.8. The molecule has 0 aromatic heterocycles. The lowest BCUT2D eigenvalue weighted by Crippen LogP contribution is -2.35. The topological polar surface area (TPSA) is 71.0 Å². The minimum Gasteiger partial charge on any atom is -0.489 e. The number of anilines is 1. The van der Waals surface area contributed by atoms with Crippen molar-refractivity contribution in [2.24, 2.45) is 0 Å². The molecule has 6 nitrogen and oxygen atoms in total. The minimum atomic E-state index is -0.656. The van der Waals surface area contributed by atoms with Crippen LogP contribution < -0.4 is 14.8 Å². The van der Waals surface area contributed by atoms with E-state index in [1.165, 1.54) is 6.92 Å². The van der Waals surface area contributed by atoms with Crippen molar-refractivity contribution in [1.29, 1.82) is 0 Å². The second-order valence-corrected chi connectivity index (χ2v) is 7.32. The smallest absolute Gasteiger partial charge is 0.221 e. The summed E-state index contributed by atoms with van der Waals surface area (Å²) in [6.07, 6.45) is 0.390. The van der Waals surface area contributed by atoms with Crippen LogP contribution in [-0.2, 0) is 4.79 Å². The van der Waals surface area contributed by atoms with Crippen LogP contribution in [0, 0.1) is 0 Å². The fraction of sp³-hybridized carbons (Fsp3) is 0.381. The molecule has 1 heterocycles. The average molecular weight is 405 g/mol. The summed E-state index contributed by atoms with van der Waals surface area (Å²) in [4.78, 5) is 13.5. The fourth-order valence-corrected chi connectivity index (χ4v) is 3.37. The SMILES string of the molecule is CC(=O)Nc1cc(Cl)ccc1OCC(O)CN1CCC(Oc2ccccc2)C1. The lowest BCUT2D eigenvalue weighted by molar-refractivity contribution is -0.114. The zero-order valence-corrected chi connectivity index (χ0v) is 16.6. The van der Waals surface area contributed by atoms with Gasteiger partial charge in [-0.15, -0.1) is 0 Å². The molecule has 0 radical (unpaired) electrons. The lowest BCUT2D eigenvalue weighted by atomic mass is 10.3. The number of hydrogen-bond donors (Lipinski definition) is 2. The van der Waals surface area contributed by atoms with Crippen LogP contribution in [0.3, 0.4) is 0 Å². The number of benzene rings is 2. The Kier molecular flexibility index (Phi) is 7.14. The van der Waals surface area contributed by atoms with Crippen LogP contribution in [0.15, 0.2) is 48.5 Å². The number of carbonyl (C=O) groups is 1. The predicted octanol–water partition coefficient (Wildman–Crippen LogP) is 3.19. The number of aliphatic hydroxyl groups excluding tert-OH is 1. The van der Waals surface area contributed by atoms with Crippen LogP contribution in [0.2, 0.25) is 5.02 Å². The molecule has 1 aliphatic heterocycles. The highest BCUT2D eigenvalue weighted by Gasteiger charge is 2.25. The van der Waals surface area contributed by atoms with Gasteiger partial charge < -0.3 is 19.9 Å². The minimum absolute atomic E-state index is 0.120. The number of ether oxygens (including phenoxy) is 2. The van der Waals surface area contributed by atoms with Gasteiger partial charge >= 0.3 is 0 Å². The molecule has 3 rings (SSSR count). The van der Waals surface area contributed by atoms with Gasteiger partial charge in [0.05, 0.1) is 5.69 Å². The van der Waals surface area contributed by atoms with Crippen LogP contribution >= 0.6 is 11.6 Å². The van der Waals surface area contributed by atoms with Crippen LogP contribution in [-0.4, -0.2) is 54.4 Å². The Balaban J connectivity index is 1.46. The number of carbonyl (C=O) groups excluding carboxylic acids is 1. The Morgan fingerprint density at radius 2 is 2.11 bits per heavy atom. The summed E-state index contributed by atoms with van der Waals surface area (Å²) in [5.74, 6) is 1.13. The Hall–Kier alpha value is -2.28. The van der Waals surface area contributed by atoms with Gasteiger partial charge in [-0.05, 0) is 36.8 Å². The van der Waals surface area contributed by atoms with E-state index in [9.17, 15) is 9.90 Å². The van der Waals surface area contributed by atoms with E-state index in [4.69, 9.17) is 21.1 Å². The number of rotatable bonds is 8. The quantitative estimate of drug-likeness (QED) is 0.707. The summed E-state index contributed by atoms with van der Waals surface area (Å²) in [6.45, 7) is 3.67. The van der Waals surface area contributed by atoms with Crippen molar-refractivity contribution in [2.75, 3.05) is 31.6 Å². The molecule has 2 aromatic carbocycles. The van der Waals surface area contributed by atoms with Gasteiger partial charge in [-0.25, -0.2) is 0 Å². The molecular formula is C21H25ClN2O4. The van der Waals surface area contributed by atoms with Crippen LogP contribution in [0.25, 0.3) is 0 Å². The fourth-order valence-electron chi connectivity index (χ4n) is 3.20. The molecule has 7 heteroatoms. The molecule has 150 valence electrons. The third-order valence-corrected chi connectivity index (χ3v) is 4.66. The molecule has 2 N–H and O–H groups in total. The summed E-state index contributed by atoms with van der Waals surface area (Å²) in [7, 11) is 0. The summed E-state index contributed by atoms with van der Waals surface area (Å²) in [6, 6.07) is 14.7. The lowest BCUT2D eigenvalue weighted by Gasteiger charge is -2.21. The van der Waals surface area contributed by atoms with Crippen molar-refractivity contribution in [1.82, 2.24) is 4.90 Å². The van der Waals surface area contributed by atoms with Gasteiger partial charge in [0, 0.05) is 31.6 Å². The first-order valence-corrected chi connectivity index (χ1v) is 9.69. The summed E-state index contributed by atoms with van der Waals surface area (Å²) < 4.78 is 11.7. The summed E-state index contributed by atoms with van der Waals surface area (Å²) >= 11 is 5.97. The maximum atomic E-state index is 11.3. The van der Waals surface area contributed by atoms with Gasteiger partial charge in [0.25, 0.3) is 0 Å². The van der Waals surface area contributed by atoms with Crippen molar-refractivity contribution in [3.8, 4) is 11.5 Å². The number of amides is 1. The highest BCUT2D eigenvalue weighted by atomic mass is 35.5. The van der Waals surface area contributed by atoms with E-state index in [1.54, 1.807) is 18.2 Å². The molecule has 1 amide bonds. The van der Waals surface area contributed by atoms with Crippen molar-refractivity contribution in [2.45, 2.75) is 25.6 Å². The van der Waals surface area contributed by atoms with Crippen LogP contribution in [0.5, 0.6) is 11.5 Å². The number of para-hydroxylation sites is 1. The monoisotopic (exact) mass is 404 g/mol. The number of hydrogen-bond acceptors (Lipinski definition) is 5. The van der Waals surface area contributed by atoms with Gasteiger partial charge in [0.2, 0.25) is 5.91 Å². The normalized spacial score (nSPS) is 17.9. The number of β-amino-alcohol motifs (C(OH)–C–C–N with tert-alkyl or cyclic N) is 1. The molecule has 2 atom stereocenters.